The van der Waals surface area contributed by atoms with Crippen LogP contribution in [0.3, 0.4) is 0 Å². The molecule has 0 saturated heterocycles. The van der Waals surface area contributed by atoms with Gasteiger partial charge in [-0.05, 0) is 68.2 Å². The summed E-state index contributed by atoms with van der Waals surface area (Å²) in [5.74, 6) is -3.49. The number of carbonyl (C=O) groups excluding carboxylic acids is 4. The van der Waals surface area contributed by atoms with Crippen LogP contribution in [-0.2, 0) is 22.4 Å². The molecule has 0 saturated carbocycles. The molecule has 2 aromatic carbocycles. The number of aryl methyl sites for hydroxylation is 2. The van der Waals surface area contributed by atoms with E-state index in [0.29, 0.717) is 37.7 Å². The molecule has 0 aliphatic carbocycles. The van der Waals surface area contributed by atoms with E-state index in [4.69, 9.17) is 0 Å². The number of nitrogens with one attached hydrogen (secondary N) is 4. The van der Waals surface area contributed by atoms with Crippen molar-refractivity contribution in [3.05, 3.63) is 58.7 Å². The van der Waals surface area contributed by atoms with Crippen molar-refractivity contribution >= 4 is 23.6 Å². The summed E-state index contributed by atoms with van der Waals surface area (Å²) in [5.41, 5.74) is 11.7. The summed E-state index contributed by atoms with van der Waals surface area (Å²) < 4.78 is 0. The minimum atomic E-state index is -0.598. The molecule has 266 valence electrons. The molecule has 0 aliphatic heterocycles. The highest BCUT2D eigenvalue weighted by Crippen LogP contribution is 2.26. The molecule has 0 spiro atoms. The fraction of sp³-hybridized carbons (Fsp3) is 0.579. The topological polar surface area (TPSA) is 157 Å². The standard InChI is InChI=1S/C38H58N4O6/c1-5-9-12-14-20-27-22-16-24-31(43)33(27)37(47)41-39-35(45)29(18-8-4)26-30(19-11-7-3)36(46)40-42-38(48)34-28(21-15-13-10-6-2)23-17-25-32(34)44/h16-17,22-25,29-30,43-44H,5-15,18-21,26H2,1-4H3,(H,39,45)(H,40,46)(H,41,47)(H,42,48). The second-order valence-corrected chi connectivity index (χ2v) is 12.7. The van der Waals surface area contributed by atoms with Gasteiger partial charge in [-0.25, -0.2) is 0 Å². The Morgan fingerprint density at radius 3 is 1.40 bits per heavy atom. The number of rotatable bonds is 21. The maximum atomic E-state index is 13.4. The van der Waals surface area contributed by atoms with Gasteiger partial charge in [0, 0.05) is 11.8 Å². The number of phenols is 2. The minimum Gasteiger partial charge on any atom is -0.507 e. The summed E-state index contributed by atoms with van der Waals surface area (Å²) in [6.07, 6.45) is 12.9. The normalized spacial score (nSPS) is 12.2. The first-order chi connectivity index (χ1) is 23.2. The van der Waals surface area contributed by atoms with Gasteiger partial charge in [0.05, 0.1) is 11.1 Å². The van der Waals surface area contributed by atoms with Gasteiger partial charge in [0.1, 0.15) is 11.5 Å². The molecule has 0 aliphatic rings. The van der Waals surface area contributed by atoms with Crippen LogP contribution in [0.25, 0.3) is 0 Å². The van der Waals surface area contributed by atoms with Crippen LogP contribution < -0.4 is 21.7 Å². The average Bonchev–Trinajstić information content (AvgIpc) is 3.07. The number of carbonyl (C=O) groups is 4. The lowest BCUT2D eigenvalue weighted by Gasteiger charge is -2.23. The van der Waals surface area contributed by atoms with E-state index in [0.717, 1.165) is 69.8 Å². The average molecular weight is 667 g/mol. The van der Waals surface area contributed by atoms with Crippen LogP contribution in [0.5, 0.6) is 11.5 Å². The Kier molecular flexibility index (Phi) is 18.8. The second-order valence-electron chi connectivity index (χ2n) is 12.7. The van der Waals surface area contributed by atoms with Crippen LogP contribution in [0.15, 0.2) is 36.4 Å². The lowest BCUT2D eigenvalue weighted by atomic mass is 9.87. The molecule has 0 radical (unpaired) electrons. The van der Waals surface area contributed by atoms with Gasteiger partial charge in [0.15, 0.2) is 0 Å². The monoisotopic (exact) mass is 666 g/mol. The molecule has 0 fully saturated rings. The molecule has 2 rings (SSSR count). The van der Waals surface area contributed by atoms with E-state index in [1.54, 1.807) is 12.1 Å². The van der Waals surface area contributed by atoms with Gasteiger partial charge in [-0.1, -0.05) is 110 Å². The van der Waals surface area contributed by atoms with Gasteiger partial charge in [-0.3, -0.25) is 40.9 Å². The highest BCUT2D eigenvalue weighted by atomic mass is 16.3. The van der Waals surface area contributed by atoms with Crippen LogP contribution >= 0.6 is 0 Å². The Morgan fingerprint density at radius 1 is 0.542 bits per heavy atom. The number of hydrogen-bond donors (Lipinski definition) is 6. The Bertz CT molecular complexity index is 1310. The molecule has 48 heavy (non-hydrogen) atoms. The predicted octanol–water partition coefficient (Wildman–Crippen LogP) is 7.18. The minimum absolute atomic E-state index is 0.144. The SMILES string of the molecule is CCCCCCc1cccc(O)c1C(=O)NNC(=O)C(CCC)CC(CCCC)C(=O)NNC(=O)c1c(O)cccc1CCCCCC. The van der Waals surface area contributed by atoms with Crippen molar-refractivity contribution in [2.45, 2.75) is 130 Å². The quantitative estimate of drug-likeness (QED) is 0.0612. The fourth-order valence-corrected chi connectivity index (χ4v) is 6.02. The Morgan fingerprint density at radius 2 is 0.979 bits per heavy atom. The van der Waals surface area contributed by atoms with Gasteiger partial charge >= 0.3 is 0 Å². The fourth-order valence-electron chi connectivity index (χ4n) is 6.02. The summed E-state index contributed by atoms with van der Waals surface area (Å²) in [6.45, 7) is 8.21. The number of hydrogen-bond acceptors (Lipinski definition) is 6. The van der Waals surface area contributed by atoms with Gasteiger partial charge in [-0.15, -0.1) is 0 Å². The Balaban J connectivity index is 2.08. The molecule has 0 aromatic heterocycles. The molecule has 2 aromatic rings. The van der Waals surface area contributed by atoms with Crippen LogP contribution in [0, 0.1) is 11.8 Å². The summed E-state index contributed by atoms with van der Waals surface area (Å²) in [5, 5.41) is 21.0. The third-order valence-electron chi connectivity index (χ3n) is 8.76. The lowest BCUT2D eigenvalue weighted by Crippen LogP contribution is -2.47. The highest BCUT2D eigenvalue weighted by molar-refractivity contribution is 6.00. The van der Waals surface area contributed by atoms with Crippen molar-refractivity contribution in [2.24, 2.45) is 11.8 Å². The molecule has 6 N–H and O–H groups in total. The summed E-state index contributed by atoms with van der Waals surface area (Å²) in [6, 6.07) is 9.94. The van der Waals surface area contributed by atoms with E-state index in [1.807, 2.05) is 26.0 Å². The maximum absolute atomic E-state index is 13.4. The summed E-state index contributed by atoms with van der Waals surface area (Å²) in [7, 11) is 0. The smallest absolute Gasteiger partial charge is 0.273 e. The van der Waals surface area contributed by atoms with Crippen LogP contribution in [0.1, 0.15) is 149 Å². The van der Waals surface area contributed by atoms with Crippen molar-refractivity contribution in [1.82, 2.24) is 21.7 Å². The van der Waals surface area contributed by atoms with Crippen LogP contribution in [-0.4, -0.2) is 33.8 Å². The zero-order valence-electron chi connectivity index (χ0n) is 29.5. The number of aromatic hydroxyl groups is 2. The van der Waals surface area contributed by atoms with E-state index in [9.17, 15) is 29.4 Å². The second kappa shape index (κ2) is 22.5. The number of unbranched alkanes of at least 4 members (excludes halogenated alkanes) is 7. The third kappa shape index (κ3) is 13.2. The van der Waals surface area contributed by atoms with E-state index < -0.39 is 35.5 Å². The zero-order valence-corrected chi connectivity index (χ0v) is 29.5. The van der Waals surface area contributed by atoms with E-state index in [2.05, 4.69) is 35.6 Å². The summed E-state index contributed by atoms with van der Waals surface area (Å²) in [4.78, 5) is 53.0. The van der Waals surface area contributed by atoms with Crippen molar-refractivity contribution in [2.75, 3.05) is 0 Å². The Hall–Kier alpha value is -4.08. The first-order valence-corrected chi connectivity index (χ1v) is 18.0. The number of hydrazine groups is 2. The van der Waals surface area contributed by atoms with Crippen LogP contribution in [0.2, 0.25) is 0 Å². The van der Waals surface area contributed by atoms with Gasteiger partial charge < -0.3 is 10.2 Å². The van der Waals surface area contributed by atoms with E-state index in [1.165, 1.54) is 12.1 Å². The Labute approximate surface area is 286 Å². The van der Waals surface area contributed by atoms with E-state index in [-0.39, 0.29) is 29.0 Å². The highest BCUT2D eigenvalue weighted by Gasteiger charge is 2.28. The predicted molar refractivity (Wildman–Crippen MR) is 189 cm³/mol. The molecular weight excluding hydrogens is 608 g/mol. The third-order valence-corrected chi connectivity index (χ3v) is 8.76. The van der Waals surface area contributed by atoms with Crippen molar-refractivity contribution < 1.29 is 29.4 Å². The maximum Gasteiger partial charge on any atom is 0.273 e. The van der Waals surface area contributed by atoms with Gasteiger partial charge in [0.2, 0.25) is 11.8 Å². The first-order valence-electron chi connectivity index (χ1n) is 18.0. The molecule has 2 atom stereocenters. The largest absolute Gasteiger partial charge is 0.507 e. The van der Waals surface area contributed by atoms with Crippen LogP contribution in [0.4, 0.5) is 0 Å². The summed E-state index contributed by atoms with van der Waals surface area (Å²) >= 11 is 0. The van der Waals surface area contributed by atoms with E-state index >= 15 is 0 Å². The zero-order chi connectivity index (χ0) is 35.3. The number of phenolic OH excluding ortho intramolecular Hbond substituents is 2. The van der Waals surface area contributed by atoms with Gasteiger partial charge in [0.25, 0.3) is 11.8 Å². The molecular formula is C38H58N4O6. The molecule has 0 heterocycles. The van der Waals surface area contributed by atoms with Crippen molar-refractivity contribution in [3.8, 4) is 11.5 Å². The number of benzene rings is 2. The molecule has 4 amide bonds. The van der Waals surface area contributed by atoms with Crippen molar-refractivity contribution in [1.29, 1.82) is 0 Å². The van der Waals surface area contributed by atoms with Gasteiger partial charge in [-0.2, -0.15) is 0 Å². The van der Waals surface area contributed by atoms with Crippen molar-refractivity contribution in [3.63, 3.8) is 0 Å². The molecule has 2 unspecified atom stereocenters. The lowest BCUT2D eigenvalue weighted by molar-refractivity contribution is -0.129. The molecule has 0 bridgehead atoms. The molecule has 10 heteroatoms. The first kappa shape index (κ1) is 40.1. The number of amides is 4. The molecule has 10 nitrogen and oxygen atoms in total.